The Morgan fingerprint density at radius 3 is 2.55 bits per heavy atom. The van der Waals surface area contributed by atoms with Gasteiger partial charge in [0.2, 0.25) is 0 Å². The van der Waals surface area contributed by atoms with Crippen LogP contribution in [0.25, 0.3) is 0 Å². The third-order valence-corrected chi connectivity index (χ3v) is 9.15. The van der Waals surface area contributed by atoms with Gasteiger partial charge in [-0.2, -0.15) is 0 Å². The zero-order chi connectivity index (χ0) is 24.5. The van der Waals surface area contributed by atoms with E-state index in [1.807, 2.05) is 19.9 Å². The first-order valence-corrected chi connectivity index (χ1v) is 12.8. The number of hydrogen-bond donors (Lipinski definition) is 4. The first-order valence-electron chi connectivity index (χ1n) is 12.8. The summed E-state index contributed by atoms with van der Waals surface area (Å²) < 4.78 is 0. The maximum atomic E-state index is 12.2. The number of aliphatic carboxylic acids is 1. The number of aliphatic hydroxyl groups excluding tert-OH is 3. The fourth-order valence-corrected chi connectivity index (χ4v) is 6.96. The Hall–Kier alpha value is -1.43. The zero-order valence-corrected chi connectivity index (χ0v) is 20.8. The molecular weight excluding hydrogens is 416 g/mol. The molecule has 3 fully saturated rings. The molecule has 186 valence electrons. The van der Waals surface area contributed by atoms with Gasteiger partial charge in [0, 0.05) is 6.42 Å². The van der Waals surface area contributed by atoms with Crippen molar-refractivity contribution in [3.8, 4) is 0 Å². The summed E-state index contributed by atoms with van der Waals surface area (Å²) in [5, 5.41) is 40.6. The number of allylic oxidation sites excluding steroid dienone is 3. The van der Waals surface area contributed by atoms with E-state index >= 15 is 0 Å². The molecule has 5 heteroatoms. The lowest BCUT2D eigenvalue weighted by atomic mass is 9.59. The van der Waals surface area contributed by atoms with Crippen molar-refractivity contribution in [2.75, 3.05) is 0 Å². The topological polar surface area (TPSA) is 98.0 Å². The van der Waals surface area contributed by atoms with Crippen LogP contribution in [0.15, 0.2) is 35.5 Å². The highest BCUT2D eigenvalue weighted by atomic mass is 16.4. The van der Waals surface area contributed by atoms with Crippen LogP contribution in [-0.2, 0) is 4.79 Å². The van der Waals surface area contributed by atoms with Crippen LogP contribution in [-0.4, -0.2) is 44.7 Å². The Morgan fingerprint density at radius 2 is 1.91 bits per heavy atom. The summed E-state index contributed by atoms with van der Waals surface area (Å²) in [6.07, 6.45) is 8.93. The SMILES string of the molecule is C=C1/C(=C\C=C2/CCC[C@]3(C)[C@@H]([C@H](C)C(CC(O)C(C)C)C(=O)O)CC[C@@H]23)C[C@@H](O)C[C@@H]1O. The zero-order valence-electron chi connectivity index (χ0n) is 20.8. The highest BCUT2D eigenvalue weighted by Crippen LogP contribution is 2.60. The van der Waals surface area contributed by atoms with Crippen LogP contribution in [0.1, 0.15) is 79.1 Å². The summed E-state index contributed by atoms with van der Waals surface area (Å²) >= 11 is 0. The molecule has 3 aliphatic rings. The number of fused-ring (bicyclic) bond motifs is 1. The molecule has 0 saturated heterocycles. The van der Waals surface area contributed by atoms with Crippen LogP contribution in [0, 0.1) is 35.0 Å². The summed E-state index contributed by atoms with van der Waals surface area (Å²) in [5.74, 6) is -0.535. The Labute approximate surface area is 199 Å². The van der Waals surface area contributed by atoms with E-state index in [1.54, 1.807) is 0 Å². The second-order valence-corrected chi connectivity index (χ2v) is 11.5. The average molecular weight is 461 g/mol. The van der Waals surface area contributed by atoms with Crippen LogP contribution in [0.3, 0.4) is 0 Å². The van der Waals surface area contributed by atoms with E-state index in [0.717, 1.165) is 37.7 Å². The van der Waals surface area contributed by atoms with E-state index in [9.17, 15) is 25.2 Å². The van der Waals surface area contributed by atoms with Crippen LogP contribution < -0.4 is 0 Å². The first kappa shape index (κ1) is 26.2. The van der Waals surface area contributed by atoms with Crippen molar-refractivity contribution in [2.24, 2.45) is 35.0 Å². The molecule has 0 heterocycles. The predicted molar refractivity (Wildman–Crippen MR) is 130 cm³/mol. The maximum absolute atomic E-state index is 12.2. The first-order chi connectivity index (χ1) is 15.5. The second kappa shape index (κ2) is 10.5. The van der Waals surface area contributed by atoms with E-state index in [0.29, 0.717) is 36.7 Å². The summed E-state index contributed by atoms with van der Waals surface area (Å²) in [7, 11) is 0. The third kappa shape index (κ3) is 5.47. The van der Waals surface area contributed by atoms with Crippen LogP contribution in [0.2, 0.25) is 0 Å². The largest absolute Gasteiger partial charge is 0.481 e. The Morgan fingerprint density at radius 1 is 1.21 bits per heavy atom. The van der Waals surface area contributed by atoms with Crippen molar-refractivity contribution in [3.05, 3.63) is 35.5 Å². The Balaban J connectivity index is 1.81. The van der Waals surface area contributed by atoms with Crippen molar-refractivity contribution >= 4 is 5.97 Å². The molecule has 3 aliphatic carbocycles. The number of rotatable bonds is 7. The molecule has 0 radical (unpaired) electrons. The molecule has 3 rings (SSSR count). The molecule has 0 spiro atoms. The normalized spacial score (nSPS) is 37.9. The molecule has 4 N–H and O–H groups in total. The number of carboxylic acids is 1. The van der Waals surface area contributed by atoms with Gasteiger partial charge in [-0.1, -0.05) is 52.0 Å². The Bertz CT molecular complexity index is 796. The van der Waals surface area contributed by atoms with Crippen molar-refractivity contribution in [3.63, 3.8) is 0 Å². The monoisotopic (exact) mass is 460 g/mol. The molecule has 0 aliphatic heterocycles. The van der Waals surface area contributed by atoms with Gasteiger partial charge in [-0.25, -0.2) is 0 Å². The maximum Gasteiger partial charge on any atom is 0.306 e. The second-order valence-electron chi connectivity index (χ2n) is 11.5. The van der Waals surface area contributed by atoms with Crippen LogP contribution in [0.5, 0.6) is 0 Å². The van der Waals surface area contributed by atoms with E-state index in [-0.39, 0.29) is 17.3 Å². The van der Waals surface area contributed by atoms with Crippen molar-refractivity contribution in [2.45, 2.75) is 97.4 Å². The van der Waals surface area contributed by atoms with Gasteiger partial charge in [0.15, 0.2) is 0 Å². The van der Waals surface area contributed by atoms with Crippen LogP contribution >= 0.6 is 0 Å². The molecule has 5 nitrogen and oxygen atoms in total. The summed E-state index contributed by atoms with van der Waals surface area (Å²) in [5.41, 5.74) is 3.10. The van der Waals surface area contributed by atoms with E-state index in [4.69, 9.17) is 0 Å². The highest BCUT2D eigenvalue weighted by Gasteiger charge is 2.52. The lowest BCUT2D eigenvalue weighted by molar-refractivity contribution is -0.146. The molecule has 0 aromatic heterocycles. The number of carboxylic acid groups (broad SMARTS) is 1. The lowest BCUT2D eigenvalue weighted by Crippen LogP contribution is -2.40. The van der Waals surface area contributed by atoms with E-state index in [1.165, 1.54) is 5.57 Å². The summed E-state index contributed by atoms with van der Waals surface area (Å²) in [6.45, 7) is 12.3. The molecule has 0 bridgehead atoms. The van der Waals surface area contributed by atoms with Gasteiger partial charge in [0.25, 0.3) is 0 Å². The van der Waals surface area contributed by atoms with Gasteiger partial charge < -0.3 is 20.4 Å². The highest BCUT2D eigenvalue weighted by molar-refractivity contribution is 5.70. The third-order valence-electron chi connectivity index (χ3n) is 9.15. The lowest BCUT2D eigenvalue weighted by Gasteiger charge is -2.45. The standard InChI is InChI=1S/C28H44O5/c1-16(2)25(30)15-22(27(32)33)18(4)23-10-11-24-19(7-6-12-28(23,24)5)8-9-20-13-21(29)14-26(31)17(20)3/h8-9,16,18,21-26,29-31H,3,6-7,10-15H2,1-2,4-5H3,(H,32,33)/b19-8+,20-9-/t18-,21-,22?,23-,24+,25?,26+,28-/m1/s1. The number of carbonyl (C=O) groups is 1. The van der Waals surface area contributed by atoms with Gasteiger partial charge in [0.05, 0.1) is 24.2 Å². The molecule has 0 aromatic rings. The van der Waals surface area contributed by atoms with E-state index < -0.39 is 30.2 Å². The molecule has 8 atom stereocenters. The van der Waals surface area contributed by atoms with Gasteiger partial charge in [-0.15, -0.1) is 0 Å². The average Bonchev–Trinajstić information content (AvgIpc) is 3.10. The van der Waals surface area contributed by atoms with E-state index in [2.05, 4.69) is 26.5 Å². The van der Waals surface area contributed by atoms with Gasteiger partial charge in [-0.3, -0.25) is 4.79 Å². The van der Waals surface area contributed by atoms with Gasteiger partial charge >= 0.3 is 5.97 Å². The predicted octanol–water partition coefficient (Wildman–Crippen LogP) is 4.87. The van der Waals surface area contributed by atoms with Crippen molar-refractivity contribution in [1.29, 1.82) is 0 Å². The smallest absolute Gasteiger partial charge is 0.306 e. The molecule has 0 aromatic carbocycles. The summed E-state index contributed by atoms with van der Waals surface area (Å²) in [4.78, 5) is 12.2. The Kier molecular flexibility index (Phi) is 8.29. The van der Waals surface area contributed by atoms with Crippen molar-refractivity contribution < 1.29 is 25.2 Å². The minimum absolute atomic E-state index is 0.00650. The van der Waals surface area contributed by atoms with Gasteiger partial charge in [-0.05, 0) is 85.2 Å². The molecule has 2 unspecified atom stereocenters. The minimum Gasteiger partial charge on any atom is -0.481 e. The quantitative estimate of drug-likeness (QED) is 0.434. The summed E-state index contributed by atoms with van der Waals surface area (Å²) in [6, 6.07) is 0. The fourth-order valence-electron chi connectivity index (χ4n) is 6.96. The van der Waals surface area contributed by atoms with Crippen molar-refractivity contribution in [1.82, 2.24) is 0 Å². The minimum atomic E-state index is -0.793. The number of aliphatic hydroxyl groups is 3. The fraction of sp³-hybridized carbons (Fsp3) is 0.750. The molecule has 33 heavy (non-hydrogen) atoms. The molecule has 0 amide bonds. The number of hydrogen-bond acceptors (Lipinski definition) is 4. The molecular formula is C28H44O5. The molecule has 3 saturated carbocycles. The van der Waals surface area contributed by atoms with Gasteiger partial charge in [0.1, 0.15) is 0 Å². The van der Waals surface area contributed by atoms with Crippen LogP contribution in [0.4, 0.5) is 0 Å².